The van der Waals surface area contributed by atoms with E-state index < -0.39 is 0 Å². The second kappa shape index (κ2) is 6.39. The fourth-order valence-electron chi connectivity index (χ4n) is 1.75. The maximum Gasteiger partial charge on any atom is 0.221 e. The Balaban J connectivity index is 2.01. The van der Waals surface area contributed by atoms with Crippen LogP contribution in [0, 0.1) is 11.3 Å². The van der Waals surface area contributed by atoms with Crippen molar-refractivity contribution in [3.63, 3.8) is 0 Å². The highest BCUT2D eigenvalue weighted by Crippen LogP contribution is 2.18. The molecule has 4 nitrogen and oxygen atoms in total. The van der Waals surface area contributed by atoms with Crippen LogP contribution < -0.4 is 10.1 Å². The molecule has 100 valence electrons. The third-order valence-electron chi connectivity index (χ3n) is 2.71. The number of carbonyl (C=O) groups is 1. The molecule has 0 heterocycles. The summed E-state index contributed by atoms with van der Waals surface area (Å²) >= 11 is 0. The molecule has 2 aromatic carbocycles. The fraction of sp³-hybridized carbons (Fsp3) is 0.125. The van der Waals surface area contributed by atoms with Gasteiger partial charge in [-0.05, 0) is 30.3 Å². The fourth-order valence-corrected chi connectivity index (χ4v) is 1.75. The molecule has 2 rings (SSSR count). The minimum Gasteiger partial charge on any atom is -0.489 e. The first-order valence-electron chi connectivity index (χ1n) is 6.17. The Morgan fingerprint density at radius 3 is 2.55 bits per heavy atom. The molecule has 0 spiro atoms. The first-order valence-corrected chi connectivity index (χ1v) is 6.17. The van der Waals surface area contributed by atoms with Crippen molar-refractivity contribution in [3.05, 3.63) is 59.7 Å². The van der Waals surface area contributed by atoms with Crippen molar-refractivity contribution in [2.45, 2.75) is 13.5 Å². The van der Waals surface area contributed by atoms with E-state index in [1.165, 1.54) is 6.92 Å². The van der Waals surface area contributed by atoms with Gasteiger partial charge < -0.3 is 10.1 Å². The maximum absolute atomic E-state index is 10.9. The molecule has 0 aliphatic heterocycles. The molecule has 0 bridgehead atoms. The molecule has 0 saturated heterocycles. The molecule has 0 unspecified atom stereocenters. The zero-order valence-corrected chi connectivity index (χ0v) is 11.1. The van der Waals surface area contributed by atoms with E-state index in [9.17, 15) is 4.79 Å². The molecule has 2 aromatic rings. The molecule has 0 aliphatic carbocycles. The molecular formula is C16H14N2O2. The monoisotopic (exact) mass is 266 g/mol. The minimum atomic E-state index is -0.110. The van der Waals surface area contributed by atoms with Crippen LogP contribution in [0.1, 0.15) is 18.1 Å². The minimum absolute atomic E-state index is 0.110. The van der Waals surface area contributed by atoms with Gasteiger partial charge in [0.2, 0.25) is 5.91 Å². The van der Waals surface area contributed by atoms with E-state index >= 15 is 0 Å². The highest BCUT2D eigenvalue weighted by atomic mass is 16.5. The number of nitriles is 1. The summed E-state index contributed by atoms with van der Waals surface area (Å²) in [6.07, 6.45) is 0. The number of amides is 1. The van der Waals surface area contributed by atoms with Crippen molar-refractivity contribution in [3.8, 4) is 11.8 Å². The molecule has 0 fully saturated rings. The number of rotatable bonds is 4. The van der Waals surface area contributed by atoms with E-state index in [1.807, 2.05) is 18.2 Å². The molecular weight excluding hydrogens is 252 g/mol. The molecule has 1 amide bonds. The van der Waals surface area contributed by atoms with Crippen molar-refractivity contribution in [2.75, 3.05) is 5.32 Å². The van der Waals surface area contributed by atoms with E-state index in [4.69, 9.17) is 10.00 Å². The summed E-state index contributed by atoms with van der Waals surface area (Å²) in [6.45, 7) is 1.80. The Kier molecular flexibility index (Phi) is 4.35. The Bertz CT molecular complexity index is 642. The summed E-state index contributed by atoms with van der Waals surface area (Å²) < 4.78 is 5.63. The zero-order valence-electron chi connectivity index (χ0n) is 11.1. The average Bonchev–Trinajstić information content (AvgIpc) is 2.46. The number of ether oxygens (including phenoxy) is 1. The molecule has 20 heavy (non-hydrogen) atoms. The zero-order chi connectivity index (χ0) is 14.4. The van der Waals surface area contributed by atoms with Crippen LogP contribution in [-0.2, 0) is 11.4 Å². The van der Waals surface area contributed by atoms with Gasteiger partial charge in [-0.1, -0.05) is 18.2 Å². The summed E-state index contributed by atoms with van der Waals surface area (Å²) in [4.78, 5) is 10.9. The van der Waals surface area contributed by atoms with E-state index in [-0.39, 0.29) is 5.91 Å². The lowest BCUT2D eigenvalue weighted by Gasteiger charge is -2.08. The van der Waals surface area contributed by atoms with Crippen LogP contribution in [0.4, 0.5) is 5.69 Å². The van der Waals surface area contributed by atoms with Crippen LogP contribution >= 0.6 is 0 Å². The second-order valence-corrected chi connectivity index (χ2v) is 4.26. The quantitative estimate of drug-likeness (QED) is 0.924. The van der Waals surface area contributed by atoms with Crippen LogP contribution in [0.3, 0.4) is 0 Å². The van der Waals surface area contributed by atoms with Crippen LogP contribution in [0.5, 0.6) is 5.75 Å². The number of hydrogen-bond donors (Lipinski definition) is 1. The number of anilines is 1. The summed E-state index contributed by atoms with van der Waals surface area (Å²) in [5.41, 5.74) is 2.19. The van der Waals surface area contributed by atoms with Gasteiger partial charge in [0.05, 0.1) is 11.6 Å². The molecule has 0 radical (unpaired) electrons. The number of benzene rings is 2. The van der Waals surface area contributed by atoms with E-state index in [1.54, 1.807) is 30.3 Å². The predicted octanol–water partition coefficient (Wildman–Crippen LogP) is 3.10. The molecule has 0 saturated carbocycles. The Labute approximate surface area is 117 Å². The Morgan fingerprint density at radius 2 is 1.90 bits per heavy atom. The maximum atomic E-state index is 10.9. The van der Waals surface area contributed by atoms with Crippen molar-refractivity contribution in [1.82, 2.24) is 0 Å². The topological polar surface area (TPSA) is 62.1 Å². The summed E-state index contributed by atoms with van der Waals surface area (Å²) in [5.74, 6) is 0.577. The average molecular weight is 266 g/mol. The molecule has 0 aromatic heterocycles. The number of hydrogen-bond acceptors (Lipinski definition) is 3. The molecule has 0 aliphatic rings. The molecule has 4 heteroatoms. The Hall–Kier alpha value is -2.80. The third-order valence-corrected chi connectivity index (χ3v) is 2.71. The van der Waals surface area contributed by atoms with Gasteiger partial charge in [-0.3, -0.25) is 4.79 Å². The van der Waals surface area contributed by atoms with Gasteiger partial charge in [0, 0.05) is 18.2 Å². The lowest BCUT2D eigenvalue weighted by Crippen LogP contribution is -2.05. The standard InChI is InChI=1S/C16H14N2O2/c1-12(19)18-15-6-8-16(9-7-15)20-11-14-5-3-2-4-13(14)10-17/h2-9H,11H2,1H3,(H,18,19). The SMILES string of the molecule is CC(=O)Nc1ccc(OCc2ccccc2C#N)cc1. The Morgan fingerprint density at radius 1 is 1.20 bits per heavy atom. The van der Waals surface area contributed by atoms with E-state index in [0.717, 1.165) is 11.3 Å². The second-order valence-electron chi connectivity index (χ2n) is 4.26. The normalized spacial score (nSPS) is 9.60. The predicted molar refractivity (Wildman–Crippen MR) is 76.2 cm³/mol. The van der Waals surface area contributed by atoms with Gasteiger partial charge in [0.15, 0.2) is 0 Å². The molecule has 1 N–H and O–H groups in total. The largest absolute Gasteiger partial charge is 0.489 e. The number of carbonyl (C=O) groups excluding carboxylic acids is 1. The lowest BCUT2D eigenvalue weighted by molar-refractivity contribution is -0.114. The van der Waals surface area contributed by atoms with E-state index in [0.29, 0.717) is 17.9 Å². The van der Waals surface area contributed by atoms with E-state index in [2.05, 4.69) is 11.4 Å². The van der Waals surface area contributed by atoms with Crippen LogP contribution in [-0.4, -0.2) is 5.91 Å². The van der Waals surface area contributed by atoms with Crippen molar-refractivity contribution in [2.24, 2.45) is 0 Å². The van der Waals surface area contributed by atoms with Crippen molar-refractivity contribution in [1.29, 1.82) is 5.26 Å². The first kappa shape index (κ1) is 13.6. The van der Waals surface area contributed by atoms with Crippen molar-refractivity contribution >= 4 is 11.6 Å². The van der Waals surface area contributed by atoms with Gasteiger partial charge in [-0.2, -0.15) is 5.26 Å². The smallest absolute Gasteiger partial charge is 0.221 e. The number of nitrogens with one attached hydrogen (secondary N) is 1. The summed E-state index contributed by atoms with van der Waals surface area (Å²) in [7, 11) is 0. The highest BCUT2D eigenvalue weighted by Gasteiger charge is 2.02. The number of nitrogens with zero attached hydrogens (tertiary/aromatic N) is 1. The van der Waals surface area contributed by atoms with Gasteiger partial charge in [-0.15, -0.1) is 0 Å². The third kappa shape index (κ3) is 3.59. The van der Waals surface area contributed by atoms with Crippen LogP contribution in [0.2, 0.25) is 0 Å². The molecule has 0 atom stereocenters. The van der Waals surface area contributed by atoms with Gasteiger partial charge in [-0.25, -0.2) is 0 Å². The van der Waals surface area contributed by atoms with Crippen molar-refractivity contribution < 1.29 is 9.53 Å². The lowest BCUT2D eigenvalue weighted by atomic mass is 10.1. The summed E-state index contributed by atoms with van der Waals surface area (Å²) in [6, 6.07) is 16.6. The van der Waals surface area contributed by atoms with Gasteiger partial charge in [0.25, 0.3) is 0 Å². The highest BCUT2D eigenvalue weighted by molar-refractivity contribution is 5.88. The van der Waals surface area contributed by atoms with Crippen LogP contribution in [0.15, 0.2) is 48.5 Å². The van der Waals surface area contributed by atoms with Crippen LogP contribution in [0.25, 0.3) is 0 Å². The van der Waals surface area contributed by atoms with Gasteiger partial charge in [0.1, 0.15) is 12.4 Å². The van der Waals surface area contributed by atoms with Gasteiger partial charge >= 0.3 is 0 Å². The first-order chi connectivity index (χ1) is 9.69. The summed E-state index contributed by atoms with van der Waals surface area (Å²) in [5, 5.41) is 11.7.